The molecule has 0 heterocycles. The summed E-state index contributed by atoms with van der Waals surface area (Å²) in [6.45, 7) is 1.42. The fourth-order valence-electron chi connectivity index (χ4n) is 5.98. The van der Waals surface area contributed by atoms with E-state index in [0.717, 1.165) is 19.3 Å². The van der Waals surface area contributed by atoms with E-state index < -0.39 is 70.1 Å². The Balaban J connectivity index is 1.81. The van der Waals surface area contributed by atoms with E-state index in [2.05, 4.69) is 20.8 Å². The summed E-state index contributed by atoms with van der Waals surface area (Å²) in [6, 6.07) is 0. The summed E-state index contributed by atoms with van der Waals surface area (Å²) in [5.41, 5.74) is -1.31. The topological polar surface area (TPSA) is 116 Å². The second-order valence-corrected chi connectivity index (χ2v) is 11.4. The van der Waals surface area contributed by atoms with Crippen LogP contribution >= 0.6 is 0 Å². The van der Waals surface area contributed by atoms with Crippen molar-refractivity contribution >= 4 is 22.1 Å². The van der Waals surface area contributed by atoms with Crippen LogP contribution in [-0.4, -0.2) is 54.7 Å². The molecular weight excluding hydrogens is 545 g/mol. The molecule has 16 heteroatoms. The van der Waals surface area contributed by atoms with E-state index in [1.54, 1.807) is 0 Å². The summed E-state index contributed by atoms with van der Waals surface area (Å²) in [5, 5.41) is -5.95. The molecule has 8 nitrogen and oxygen atoms in total. The fourth-order valence-corrected chi connectivity index (χ4v) is 6.46. The molecule has 1 atom stereocenters. The van der Waals surface area contributed by atoms with Crippen molar-refractivity contribution in [2.24, 2.45) is 23.2 Å². The van der Waals surface area contributed by atoms with Gasteiger partial charge in [0.2, 0.25) is 0 Å². The molecule has 4 saturated carbocycles. The van der Waals surface area contributed by atoms with Crippen LogP contribution in [0.2, 0.25) is 0 Å². The van der Waals surface area contributed by atoms with Gasteiger partial charge in [0.05, 0.1) is 18.3 Å². The average molecular weight is 570 g/mol. The van der Waals surface area contributed by atoms with E-state index in [0.29, 0.717) is 0 Å². The highest BCUT2D eigenvalue weighted by Gasteiger charge is 2.70. The summed E-state index contributed by atoms with van der Waals surface area (Å²) < 4.78 is 139. The molecule has 0 spiro atoms. The molecule has 4 rings (SSSR count). The van der Waals surface area contributed by atoms with Crippen molar-refractivity contribution in [2.75, 3.05) is 6.61 Å². The number of ether oxygens (including phenoxy) is 3. The van der Waals surface area contributed by atoms with Crippen molar-refractivity contribution in [3.05, 3.63) is 12.8 Å². The molecule has 0 aromatic carbocycles. The predicted molar refractivity (Wildman–Crippen MR) is 108 cm³/mol. The first-order valence-corrected chi connectivity index (χ1v) is 12.7. The third kappa shape index (κ3) is 5.33. The summed E-state index contributed by atoms with van der Waals surface area (Å²) in [7, 11) is -6.57. The van der Waals surface area contributed by atoms with Gasteiger partial charge in [-0.3, -0.25) is 9.35 Å². The first kappa shape index (κ1) is 29.6. The average Bonchev–Trinajstić information content (AvgIpc) is 2.73. The maximum absolute atomic E-state index is 14.2. The van der Waals surface area contributed by atoms with Gasteiger partial charge in [0, 0.05) is 6.42 Å². The third-order valence-electron chi connectivity index (χ3n) is 7.23. The van der Waals surface area contributed by atoms with Gasteiger partial charge in [0.15, 0.2) is 0 Å². The molecule has 4 fully saturated rings. The van der Waals surface area contributed by atoms with Crippen molar-refractivity contribution in [3.8, 4) is 0 Å². The molecule has 212 valence electrons. The van der Waals surface area contributed by atoms with E-state index >= 15 is 0 Å². The molecule has 4 aliphatic rings. The largest absolute Gasteiger partial charge is 0.468 e. The normalized spacial score (nSPS) is 29.5. The van der Waals surface area contributed by atoms with Gasteiger partial charge >= 0.3 is 45.2 Å². The molecular formula is C21H25F7O8S. The molecule has 4 aliphatic carbocycles. The van der Waals surface area contributed by atoms with E-state index in [9.17, 15) is 48.7 Å². The van der Waals surface area contributed by atoms with E-state index in [1.807, 2.05) is 0 Å². The SMILES string of the molecule is C=COC(=O)C(OCCCC(F)(F)C(F)(F)S(=O)(=O)O)(OC(=O)C12CC3CC(CC(C3)C1)C2)C(F)(F)F. The molecule has 0 aromatic heterocycles. The summed E-state index contributed by atoms with van der Waals surface area (Å²) in [4.78, 5) is 25.5. The molecule has 0 aromatic rings. The monoisotopic (exact) mass is 570 g/mol. The molecule has 1 unspecified atom stereocenters. The van der Waals surface area contributed by atoms with Crippen molar-refractivity contribution < 1.29 is 67.5 Å². The number of esters is 2. The zero-order valence-corrected chi connectivity index (χ0v) is 20.1. The third-order valence-corrected chi connectivity index (χ3v) is 8.18. The van der Waals surface area contributed by atoms with Crippen LogP contribution in [0.5, 0.6) is 0 Å². The molecule has 37 heavy (non-hydrogen) atoms. The second-order valence-electron chi connectivity index (χ2n) is 9.92. The van der Waals surface area contributed by atoms with Gasteiger partial charge in [0.25, 0.3) is 0 Å². The quantitative estimate of drug-likeness (QED) is 0.0957. The Morgan fingerprint density at radius 1 is 0.973 bits per heavy atom. The lowest BCUT2D eigenvalue weighted by molar-refractivity contribution is -0.358. The smallest absolute Gasteiger partial charge is 0.430 e. The van der Waals surface area contributed by atoms with Crippen LogP contribution in [-0.2, 0) is 33.9 Å². The van der Waals surface area contributed by atoms with Crippen molar-refractivity contribution in [1.82, 2.24) is 0 Å². The van der Waals surface area contributed by atoms with Gasteiger partial charge in [-0.1, -0.05) is 6.58 Å². The minimum atomic E-state index is -6.57. The van der Waals surface area contributed by atoms with Crippen LogP contribution in [0.4, 0.5) is 30.7 Å². The zero-order chi connectivity index (χ0) is 28.1. The Labute approximate surface area is 207 Å². The van der Waals surface area contributed by atoms with Gasteiger partial charge in [-0.2, -0.15) is 39.2 Å². The maximum Gasteiger partial charge on any atom is 0.468 e. The Bertz CT molecular complexity index is 991. The maximum atomic E-state index is 14.2. The van der Waals surface area contributed by atoms with Crippen LogP contribution in [0, 0.1) is 23.2 Å². The molecule has 0 amide bonds. The Morgan fingerprint density at radius 3 is 1.86 bits per heavy atom. The summed E-state index contributed by atoms with van der Waals surface area (Å²) in [6.07, 6.45) is -5.81. The van der Waals surface area contributed by atoms with Crippen LogP contribution in [0.25, 0.3) is 0 Å². The van der Waals surface area contributed by atoms with Crippen LogP contribution in [0.15, 0.2) is 12.8 Å². The number of hydrogen-bond acceptors (Lipinski definition) is 7. The number of alkyl halides is 7. The van der Waals surface area contributed by atoms with Gasteiger partial charge in [-0.05, 0) is 62.7 Å². The summed E-state index contributed by atoms with van der Waals surface area (Å²) >= 11 is 0. The van der Waals surface area contributed by atoms with Gasteiger partial charge in [-0.15, -0.1) is 0 Å². The van der Waals surface area contributed by atoms with Crippen molar-refractivity contribution in [2.45, 2.75) is 74.5 Å². The molecule has 4 bridgehead atoms. The minimum Gasteiger partial charge on any atom is -0.430 e. The fraction of sp³-hybridized carbons (Fsp3) is 0.810. The van der Waals surface area contributed by atoms with Crippen LogP contribution in [0.1, 0.15) is 51.4 Å². The van der Waals surface area contributed by atoms with Crippen LogP contribution < -0.4 is 0 Å². The Morgan fingerprint density at radius 2 is 1.46 bits per heavy atom. The Hall–Kier alpha value is -1.94. The molecule has 0 radical (unpaired) electrons. The second kappa shape index (κ2) is 9.67. The lowest BCUT2D eigenvalue weighted by atomic mass is 9.49. The number of carbonyl (C=O) groups excluding carboxylic acids is 2. The number of hydrogen-bond donors (Lipinski definition) is 1. The number of carbonyl (C=O) groups is 2. The van der Waals surface area contributed by atoms with Crippen LogP contribution in [0.3, 0.4) is 0 Å². The minimum absolute atomic E-state index is 0.0897. The van der Waals surface area contributed by atoms with E-state index in [4.69, 9.17) is 4.55 Å². The first-order valence-electron chi connectivity index (χ1n) is 11.3. The lowest BCUT2D eigenvalue weighted by Gasteiger charge is -2.55. The summed E-state index contributed by atoms with van der Waals surface area (Å²) in [5.74, 6) is -13.3. The Kier molecular flexibility index (Phi) is 7.74. The van der Waals surface area contributed by atoms with Crippen molar-refractivity contribution in [3.63, 3.8) is 0 Å². The molecule has 0 saturated heterocycles. The predicted octanol–water partition coefficient (Wildman–Crippen LogP) is 4.60. The van der Waals surface area contributed by atoms with Gasteiger partial charge in [-0.25, -0.2) is 4.79 Å². The lowest BCUT2D eigenvalue weighted by Crippen LogP contribution is -2.61. The van der Waals surface area contributed by atoms with E-state index in [1.165, 1.54) is 0 Å². The molecule has 1 N–H and O–H groups in total. The standard InChI is InChI=1S/C21H25F7O8S/c1-2-34-16(30)19(20(24,25)26,35-5-3-4-18(22,23)21(27,28)37(31,32)33)36-15(29)17-9-12-6-13(10-17)8-14(7-12)11-17/h2,12-14H,1,3-11H2,(H,31,32,33). The van der Waals surface area contributed by atoms with Crippen molar-refractivity contribution in [1.29, 1.82) is 0 Å². The van der Waals surface area contributed by atoms with Gasteiger partial charge in [0.1, 0.15) is 0 Å². The highest BCUT2D eigenvalue weighted by atomic mass is 32.2. The van der Waals surface area contributed by atoms with E-state index in [-0.39, 0.29) is 43.3 Å². The highest BCUT2D eigenvalue weighted by Crippen LogP contribution is 2.61. The zero-order valence-electron chi connectivity index (χ0n) is 19.2. The number of rotatable bonds is 11. The first-order chi connectivity index (χ1) is 16.8. The van der Waals surface area contributed by atoms with Gasteiger partial charge < -0.3 is 14.2 Å². The highest BCUT2D eigenvalue weighted by molar-refractivity contribution is 7.87. The number of halogens is 7. The molecule has 0 aliphatic heterocycles.